The minimum Gasteiger partial charge on any atom is -0.506 e. The van der Waals surface area contributed by atoms with Gasteiger partial charge in [0.15, 0.2) is 16.3 Å². The Labute approximate surface area is 319 Å². The minimum atomic E-state index is -1.21. The molecule has 0 saturated carbocycles. The molecule has 2 amide bonds. The zero-order valence-electron chi connectivity index (χ0n) is 30.5. The summed E-state index contributed by atoms with van der Waals surface area (Å²) in [5, 5.41) is 22.1. The van der Waals surface area contributed by atoms with E-state index in [0.717, 1.165) is 9.47 Å². The number of aromatic hydroxyl groups is 2. The Balaban J connectivity index is 1.26. The summed E-state index contributed by atoms with van der Waals surface area (Å²) >= 11 is 0. The van der Waals surface area contributed by atoms with Gasteiger partial charge < -0.3 is 34.5 Å². The Morgan fingerprint density at radius 3 is 2.16 bits per heavy atom. The fraction of sp³-hybridized carbons (Fsp3) is 0.190. The Bertz CT molecular complexity index is 3220. The van der Waals surface area contributed by atoms with Gasteiger partial charge in [-0.25, -0.2) is 4.79 Å². The van der Waals surface area contributed by atoms with Crippen molar-refractivity contribution < 1.29 is 34.1 Å². The maximum absolute atomic E-state index is 14.5. The standard InChI is InChI=1S/C42H31N3O12/c1-18-14-24-31(41(54)44(18)16-27(47)45-15-25(43-40(53)19(45)2)42(55)57-17-20-8-5-4-6-9-20)37(51)29-22(34(24)48)12-13-23-30(29)38(52)32-33(39(23)56-3)36(50)28-21(35(32)49)10-7-11-26(28)46/h4-14,19,25,49-50H,15-17H2,1-3H3,(H,43,53)/t19-,25-/m0/s1. The molecule has 1 aliphatic rings. The quantitative estimate of drug-likeness (QED) is 0.0960. The van der Waals surface area contributed by atoms with Gasteiger partial charge in [0.1, 0.15) is 42.5 Å². The normalized spacial score (nSPS) is 15.8. The molecule has 57 heavy (non-hydrogen) atoms. The van der Waals surface area contributed by atoms with Crippen molar-refractivity contribution in [3.8, 4) is 17.2 Å². The summed E-state index contributed by atoms with van der Waals surface area (Å²) in [5.74, 6) is -3.64. The zero-order valence-corrected chi connectivity index (χ0v) is 30.5. The average Bonchev–Trinajstić information content (AvgIpc) is 3.20. The molecule has 15 heteroatoms. The maximum atomic E-state index is 14.5. The predicted molar refractivity (Wildman–Crippen MR) is 210 cm³/mol. The van der Waals surface area contributed by atoms with Crippen LogP contribution >= 0.6 is 0 Å². The number of nitrogens with one attached hydrogen (secondary N) is 1. The highest BCUT2D eigenvalue weighted by Crippen LogP contribution is 2.46. The molecule has 0 bridgehead atoms. The van der Waals surface area contributed by atoms with Gasteiger partial charge in [0.25, 0.3) is 5.56 Å². The Morgan fingerprint density at radius 2 is 1.44 bits per heavy atom. The van der Waals surface area contributed by atoms with Crippen LogP contribution in [0.5, 0.6) is 17.2 Å². The number of phenols is 2. The molecule has 0 radical (unpaired) electrons. The first kappa shape index (κ1) is 36.6. The lowest BCUT2D eigenvalue weighted by Crippen LogP contribution is -2.63. The molecule has 1 fully saturated rings. The van der Waals surface area contributed by atoms with Crippen LogP contribution in [0, 0.1) is 6.92 Å². The van der Waals surface area contributed by atoms with Crippen LogP contribution in [0.15, 0.2) is 90.7 Å². The number of rotatable bonds is 6. The highest BCUT2D eigenvalue weighted by molar-refractivity contribution is 6.22. The molecule has 1 aromatic heterocycles. The summed E-state index contributed by atoms with van der Waals surface area (Å²) in [6.45, 7) is 1.88. The summed E-state index contributed by atoms with van der Waals surface area (Å²) in [6.07, 6.45) is 0. The van der Waals surface area contributed by atoms with Crippen molar-refractivity contribution in [2.75, 3.05) is 13.7 Å². The van der Waals surface area contributed by atoms with E-state index < -0.39 is 91.3 Å². The molecule has 0 aliphatic carbocycles. The molecule has 1 aliphatic heterocycles. The van der Waals surface area contributed by atoms with E-state index in [1.807, 2.05) is 0 Å². The molecule has 0 unspecified atom stereocenters. The summed E-state index contributed by atoms with van der Waals surface area (Å²) in [6, 6.07) is 14.3. The van der Waals surface area contributed by atoms with Gasteiger partial charge in [0.05, 0.1) is 35.2 Å². The van der Waals surface area contributed by atoms with Crippen molar-refractivity contribution in [2.24, 2.45) is 0 Å². The van der Waals surface area contributed by atoms with Crippen molar-refractivity contribution >= 4 is 71.6 Å². The van der Waals surface area contributed by atoms with E-state index in [9.17, 15) is 48.6 Å². The second-order valence-electron chi connectivity index (χ2n) is 13.9. The van der Waals surface area contributed by atoms with Crippen LogP contribution in [0.25, 0.3) is 53.9 Å². The van der Waals surface area contributed by atoms with Gasteiger partial charge in [-0.15, -0.1) is 0 Å². The number of hydrogen-bond donors (Lipinski definition) is 3. The minimum absolute atomic E-state index is 0.0485. The Kier molecular flexibility index (Phi) is 8.60. The first-order chi connectivity index (χ1) is 27.2. The molecular weight excluding hydrogens is 738 g/mol. The smallest absolute Gasteiger partial charge is 0.330 e. The summed E-state index contributed by atoms with van der Waals surface area (Å²) < 4.78 is 11.9. The van der Waals surface area contributed by atoms with Gasteiger partial charge in [-0.2, -0.15) is 0 Å². The SMILES string of the molecule is COc1c2ccc3c(=O)c4cc(C)n(CC(=O)N5C[C@@H](C(=O)OCc6ccccc6)NC(=O)[C@@H]5C)c(=O)c4c(=O)c3c2c(=O)c2c(O)c3cccc(=O)c3c(O)c12. The molecule has 8 rings (SSSR count). The number of carbonyl (C=O) groups is 3. The van der Waals surface area contributed by atoms with E-state index in [1.165, 1.54) is 57.4 Å². The van der Waals surface area contributed by atoms with E-state index >= 15 is 0 Å². The van der Waals surface area contributed by atoms with Crippen LogP contribution in [-0.2, 0) is 32.3 Å². The third-order valence-electron chi connectivity index (χ3n) is 10.7. The average molecular weight is 770 g/mol. The molecule has 7 aromatic rings. The van der Waals surface area contributed by atoms with Crippen LogP contribution in [0.4, 0.5) is 0 Å². The topological polar surface area (TPSA) is 216 Å². The van der Waals surface area contributed by atoms with E-state index in [2.05, 4.69) is 5.32 Å². The second kappa shape index (κ2) is 13.4. The monoisotopic (exact) mass is 769 g/mol. The third kappa shape index (κ3) is 5.49. The van der Waals surface area contributed by atoms with Crippen molar-refractivity contribution in [3.05, 3.63) is 129 Å². The molecule has 0 spiro atoms. The number of piperazine rings is 1. The number of benzene rings is 6. The number of amides is 2. The van der Waals surface area contributed by atoms with Crippen LogP contribution < -0.4 is 37.3 Å². The van der Waals surface area contributed by atoms with E-state index in [4.69, 9.17) is 9.47 Å². The Hall–Kier alpha value is -7.42. The van der Waals surface area contributed by atoms with Crippen LogP contribution in [0.3, 0.4) is 0 Å². The number of aromatic nitrogens is 1. The van der Waals surface area contributed by atoms with E-state index in [-0.39, 0.29) is 62.3 Å². The first-order valence-corrected chi connectivity index (χ1v) is 17.7. The van der Waals surface area contributed by atoms with Gasteiger partial charge >= 0.3 is 5.97 Å². The lowest BCUT2D eigenvalue weighted by Gasteiger charge is -2.37. The number of fused-ring (bicyclic) bond motifs is 6. The number of ether oxygens (including phenoxy) is 2. The summed E-state index contributed by atoms with van der Waals surface area (Å²) in [4.78, 5) is 111. The van der Waals surface area contributed by atoms with Gasteiger partial charge in [-0.3, -0.25) is 33.6 Å². The fourth-order valence-electron chi connectivity index (χ4n) is 7.81. The zero-order chi connectivity index (χ0) is 40.6. The molecule has 2 heterocycles. The molecular formula is C42H31N3O12. The van der Waals surface area contributed by atoms with Gasteiger partial charge in [-0.1, -0.05) is 42.5 Å². The highest BCUT2D eigenvalue weighted by Gasteiger charge is 2.38. The van der Waals surface area contributed by atoms with Gasteiger partial charge in [0.2, 0.25) is 17.2 Å². The van der Waals surface area contributed by atoms with Crippen LogP contribution in [0.1, 0.15) is 18.2 Å². The summed E-state index contributed by atoms with van der Waals surface area (Å²) in [5.41, 5.74) is -3.58. The number of pyridine rings is 1. The fourth-order valence-corrected chi connectivity index (χ4v) is 7.81. The van der Waals surface area contributed by atoms with E-state index in [1.54, 1.807) is 30.3 Å². The lowest BCUT2D eigenvalue weighted by atomic mass is 9.92. The van der Waals surface area contributed by atoms with Crippen molar-refractivity contribution in [1.29, 1.82) is 0 Å². The van der Waals surface area contributed by atoms with Crippen LogP contribution in [-0.4, -0.2) is 63.2 Å². The molecule has 1 saturated heterocycles. The number of methoxy groups -OCH3 is 1. The molecule has 286 valence electrons. The number of carbonyl (C=O) groups excluding carboxylic acids is 3. The van der Waals surface area contributed by atoms with Crippen molar-refractivity contribution in [3.63, 3.8) is 0 Å². The van der Waals surface area contributed by atoms with Crippen molar-refractivity contribution in [1.82, 2.24) is 14.8 Å². The van der Waals surface area contributed by atoms with Crippen molar-refractivity contribution in [2.45, 2.75) is 39.1 Å². The first-order valence-electron chi connectivity index (χ1n) is 17.7. The number of phenolic OH excluding ortho intramolecular Hbond substituents is 2. The number of aryl methyl sites for hydroxylation is 1. The second-order valence-corrected chi connectivity index (χ2v) is 13.9. The van der Waals surface area contributed by atoms with Crippen LogP contribution in [0.2, 0.25) is 0 Å². The summed E-state index contributed by atoms with van der Waals surface area (Å²) in [7, 11) is 1.21. The predicted octanol–water partition coefficient (Wildman–Crippen LogP) is 2.12. The Morgan fingerprint density at radius 1 is 0.754 bits per heavy atom. The molecule has 6 aromatic carbocycles. The number of hydrogen-bond acceptors (Lipinski definition) is 12. The number of esters is 1. The van der Waals surface area contributed by atoms with Gasteiger partial charge in [0, 0.05) is 38.0 Å². The third-order valence-corrected chi connectivity index (χ3v) is 10.7. The molecule has 15 nitrogen and oxygen atoms in total. The molecule has 3 N–H and O–H groups in total. The van der Waals surface area contributed by atoms with Gasteiger partial charge in [-0.05, 0) is 43.7 Å². The maximum Gasteiger partial charge on any atom is 0.330 e. The van der Waals surface area contributed by atoms with E-state index in [0.29, 0.717) is 5.56 Å². The largest absolute Gasteiger partial charge is 0.506 e. The highest BCUT2D eigenvalue weighted by atomic mass is 16.5. The number of nitrogens with zero attached hydrogens (tertiary/aromatic N) is 2. The molecule has 2 atom stereocenters. The lowest BCUT2D eigenvalue weighted by molar-refractivity contribution is -0.156.